The lowest BCUT2D eigenvalue weighted by molar-refractivity contribution is 0.0856. The first-order valence-electron chi connectivity index (χ1n) is 7.19. The van der Waals surface area contributed by atoms with Crippen molar-refractivity contribution in [2.24, 2.45) is 5.73 Å². The van der Waals surface area contributed by atoms with Crippen LogP contribution in [0.25, 0.3) is 0 Å². The molecule has 20 heavy (non-hydrogen) atoms. The van der Waals surface area contributed by atoms with Crippen LogP contribution in [0.4, 0.5) is 0 Å². The molecule has 3 N–H and O–H groups in total. The number of methoxy groups -OCH3 is 1. The standard InChI is InChI=1S/C15H25N3O2/c1-20-14-4-2-3-13(11-14)15(12-16)18-7-5-17(6-8-18)9-10-19/h2-4,11,15,19H,5-10,12,16H2,1H3. The fraction of sp³-hybridized carbons (Fsp3) is 0.600. The highest BCUT2D eigenvalue weighted by Gasteiger charge is 2.24. The second-order valence-electron chi connectivity index (χ2n) is 5.13. The van der Waals surface area contributed by atoms with E-state index >= 15 is 0 Å². The zero-order chi connectivity index (χ0) is 14.4. The van der Waals surface area contributed by atoms with Crippen LogP contribution in [0, 0.1) is 0 Å². The van der Waals surface area contributed by atoms with Gasteiger partial charge >= 0.3 is 0 Å². The van der Waals surface area contributed by atoms with E-state index in [0.717, 1.165) is 38.5 Å². The Morgan fingerprint density at radius 2 is 2.05 bits per heavy atom. The summed E-state index contributed by atoms with van der Waals surface area (Å²) in [6.45, 7) is 5.55. The van der Waals surface area contributed by atoms with Gasteiger partial charge in [-0.05, 0) is 17.7 Å². The molecule has 0 saturated carbocycles. The molecule has 0 aromatic heterocycles. The summed E-state index contributed by atoms with van der Waals surface area (Å²) in [5, 5.41) is 8.99. The van der Waals surface area contributed by atoms with Gasteiger partial charge in [0.25, 0.3) is 0 Å². The summed E-state index contributed by atoms with van der Waals surface area (Å²) in [6, 6.07) is 8.38. The Morgan fingerprint density at radius 3 is 2.65 bits per heavy atom. The van der Waals surface area contributed by atoms with Gasteiger partial charge in [0.15, 0.2) is 0 Å². The molecule has 0 spiro atoms. The highest BCUT2D eigenvalue weighted by atomic mass is 16.5. The highest BCUT2D eigenvalue weighted by molar-refractivity contribution is 5.30. The smallest absolute Gasteiger partial charge is 0.119 e. The van der Waals surface area contributed by atoms with Crippen LogP contribution in [0.2, 0.25) is 0 Å². The van der Waals surface area contributed by atoms with Crippen molar-refractivity contribution >= 4 is 0 Å². The Morgan fingerprint density at radius 1 is 1.30 bits per heavy atom. The lowest BCUT2D eigenvalue weighted by Crippen LogP contribution is -2.49. The van der Waals surface area contributed by atoms with E-state index in [1.54, 1.807) is 7.11 Å². The molecule has 1 fully saturated rings. The number of aliphatic hydroxyl groups excluding tert-OH is 1. The highest BCUT2D eigenvalue weighted by Crippen LogP contribution is 2.24. The van der Waals surface area contributed by atoms with Crippen molar-refractivity contribution in [3.8, 4) is 5.75 Å². The van der Waals surface area contributed by atoms with Crippen LogP contribution < -0.4 is 10.5 Å². The molecule has 112 valence electrons. The van der Waals surface area contributed by atoms with E-state index in [9.17, 15) is 0 Å². The number of aliphatic hydroxyl groups is 1. The maximum atomic E-state index is 8.99. The number of ether oxygens (including phenoxy) is 1. The SMILES string of the molecule is COc1cccc(C(CN)N2CCN(CCO)CC2)c1. The summed E-state index contributed by atoms with van der Waals surface area (Å²) < 4.78 is 5.29. The first-order chi connectivity index (χ1) is 9.78. The van der Waals surface area contributed by atoms with Gasteiger partial charge in [-0.3, -0.25) is 9.80 Å². The maximum Gasteiger partial charge on any atom is 0.119 e. The van der Waals surface area contributed by atoms with Crippen LogP contribution >= 0.6 is 0 Å². The van der Waals surface area contributed by atoms with Crippen LogP contribution in [-0.2, 0) is 0 Å². The molecule has 0 aliphatic carbocycles. The Kier molecular flexibility index (Phi) is 5.79. The van der Waals surface area contributed by atoms with Gasteiger partial charge in [-0.1, -0.05) is 12.1 Å². The van der Waals surface area contributed by atoms with E-state index in [1.807, 2.05) is 12.1 Å². The fourth-order valence-corrected chi connectivity index (χ4v) is 2.78. The van der Waals surface area contributed by atoms with E-state index < -0.39 is 0 Å². The minimum absolute atomic E-state index is 0.232. The van der Waals surface area contributed by atoms with Crippen LogP contribution in [-0.4, -0.2) is 67.9 Å². The molecule has 1 aliphatic rings. The van der Waals surface area contributed by atoms with Crippen molar-refractivity contribution in [2.75, 3.05) is 53.0 Å². The third-order valence-corrected chi connectivity index (χ3v) is 3.97. The van der Waals surface area contributed by atoms with E-state index in [1.165, 1.54) is 5.56 Å². The van der Waals surface area contributed by atoms with E-state index in [2.05, 4.69) is 21.9 Å². The quantitative estimate of drug-likeness (QED) is 0.784. The Hall–Kier alpha value is -1.14. The van der Waals surface area contributed by atoms with Crippen LogP contribution in [0.5, 0.6) is 5.75 Å². The van der Waals surface area contributed by atoms with Crippen molar-refractivity contribution in [3.63, 3.8) is 0 Å². The summed E-state index contributed by atoms with van der Waals surface area (Å²) in [4.78, 5) is 4.71. The number of rotatable bonds is 6. The number of nitrogens with two attached hydrogens (primary N) is 1. The zero-order valence-corrected chi connectivity index (χ0v) is 12.2. The zero-order valence-electron chi connectivity index (χ0n) is 12.2. The number of piperazine rings is 1. The van der Waals surface area contributed by atoms with Gasteiger partial charge in [0.1, 0.15) is 5.75 Å². The summed E-state index contributed by atoms with van der Waals surface area (Å²) >= 11 is 0. The number of hydrogen-bond acceptors (Lipinski definition) is 5. The van der Waals surface area contributed by atoms with Gasteiger partial charge in [-0.2, -0.15) is 0 Å². The molecule has 5 nitrogen and oxygen atoms in total. The van der Waals surface area contributed by atoms with Crippen molar-refractivity contribution in [1.82, 2.24) is 9.80 Å². The molecule has 1 heterocycles. The topological polar surface area (TPSA) is 62.0 Å². The lowest BCUT2D eigenvalue weighted by atomic mass is 10.0. The predicted molar refractivity (Wildman–Crippen MR) is 79.9 cm³/mol. The summed E-state index contributed by atoms with van der Waals surface area (Å²) in [5.41, 5.74) is 7.20. The average Bonchev–Trinajstić information content (AvgIpc) is 2.50. The minimum Gasteiger partial charge on any atom is -0.497 e. The first-order valence-corrected chi connectivity index (χ1v) is 7.19. The third-order valence-electron chi connectivity index (χ3n) is 3.97. The number of β-amino-alcohol motifs (C(OH)–C–C–N with tert-alkyl or cyclic N) is 1. The molecule has 2 rings (SSSR count). The molecule has 1 unspecified atom stereocenters. The maximum absolute atomic E-state index is 8.99. The lowest BCUT2D eigenvalue weighted by Gasteiger charge is -2.39. The van der Waals surface area contributed by atoms with E-state index in [-0.39, 0.29) is 12.6 Å². The van der Waals surface area contributed by atoms with Gasteiger partial charge in [-0.25, -0.2) is 0 Å². The summed E-state index contributed by atoms with van der Waals surface area (Å²) in [5.74, 6) is 0.875. The van der Waals surface area contributed by atoms with Gasteiger partial charge < -0.3 is 15.6 Å². The second kappa shape index (κ2) is 7.59. The molecule has 1 aliphatic heterocycles. The first kappa shape index (κ1) is 15.3. The van der Waals surface area contributed by atoms with Crippen LogP contribution in [0.3, 0.4) is 0 Å². The van der Waals surface area contributed by atoms with Gasteiger partial charge in [0.2, 0.25) is 0 Å². The van der Waals surface area contributed by atoms with Crippen molar-refractivity contribution < 1.29 is 9.84 Å². The van der Waals surface area contributed by atoms with Gasteiger partial charge in [-0.15, -0.1) is 0 Å². The van der Waals surface area contributed by atoms with Crippen LogP contribution in [0.15, 0.2) is 24.3 Å². The van der Waals surface area contributed by atoms with Crippen molar-refractivity contribution in [1.29, 1.82) is 0 Å². The second-order valence-corrected chi connectivity index (χ2v) is 5.13. The molecular formula is C15H25N3O2. The van der Waals surface area contributed by atoms with E-state index in [0.29, 0.717) is 6.54 Å². The normalized spacial score (nSPS) is 18.9. The number of benzene rings is 1. The minimum atomic E-state index is 0.232. The molecular weight excluding hydrogens is 254 g/mol. The van der Waals surface area contributed by atoms with Gasteiger partial charge in [0, 0.05) is 45.3 Å². The average molecular weight is 279 g/mol. The molecule has 0 amide bonds. The largest absolute Gasteiger partial charge is 0.497 e. The molecule has 1 atom stereocenters. The van der Waals surface area contributed by atoms with Gasteiger partial charge in [0.05, 0.1) is 13.7 Å². The summed E-state index contributed by atoms with van der Waals surface area (Å²) in [7, 11) is 1.68. The molecule has 0 radical (unpaired) electrons. The number of nitrogens with zero attached hydrogens (tertiary/aromatic N) is 2. The van der Waals surface area contributed by atoms with Crippen molar-refractivity contribution in [2.45, 2.75) is 6.04 Å². The molecule has 1 aromatic carbocycles. The number of hydrogen-bond donors (Lipinski definition) is 2. The molecule has 1 saturated heterocycles. The Balaban J connectivity index is 2.01. The van der Waals surface area contributed by atoms with Crippen LogP contribution in [0.1, 0.15) is 11.6 Å². The van der Waals surface area contributed by atoms with Crippen molar-refractivity contribution in [3.05, 3.63) is 29.8 Å². The molecule has 0 bridgehead atoms. The monoisotopic (exact) mass is 279 g/mol. The Bertz CT molecular complexity index is 406. The third kappa shape index (κ3) is 3.70. The van der Waals surface area contributed by atoms with E-state index in [4.69, 9.17) is 15.6 Å². The molecule has 5 heteroatoms. The fourth-order valence-electron chi connectivity index (χ4n) is 2.78. The molecule has 1 aromatic rings. The Labute approximate surface area is 120 Å². The summed E-state index contributed by atoms with van der Waals surface area (Å²) in [6.07, 6.45) is 0. The predicted octanol–water partition coefficient (Wildman–Crippen LogP) is 0.305.